The van der Waals surface area contributed by atoms with Crippen molar-refractivity contribution >= 4 is 16.8 Å². The predicted molar refractivity (Wildman–Crippen MR) is 130 cm³/mol. The molecule has 1 aromatic heterocycles. The summed E-state index contributed by atoms with van der Waals surface area (Å²) in [6.45, 7) is 12.2. The maximum Gasteiger partial charge on any atom is 0.223 e. The molecule has 5 nitrogen and oxygen atoms in total. The quantitative estimate of drug-likeness (QED) is 0.530. The first kappa shape index (κ1) is 25.1. The Labute approximate surface area is 197 Å². The van der Waals surface area contributed by atoms with Crippen molar-refractivity contribution < 1.29 is 13.9 Å². The second-order valence-corrected chi connectivity index (χ2v) is 11.1. The van der Waals surface area contributed by atoms with Crippen LogP contribution in [-0.2, 0) is 10.2 Å². The molecule has 180 valence electrons. The lowest BCUT2D eigenvalue weighted by molar-refractivity contribution is -0.141. The van der Waals surface area contributed by atoms with Gasteiger partial charge in [-0.3, -0.25) is 4.79 Å². The van der Waals surface area contributed by atoms with Gasteiger partial charge in [-0.2, -0.15) is 5.26 Å². The van der Waals surface area contributed by atoms with Crippen molar-refractivity contribution in [1.82, 2.24) is 9.88 Å². The molecule has 0 aliphatic carbocycles. The molecule has 3 rings (SSSR count). The number of nitrogens with zero attached hydrogens (tertiary/aromatic N) is 2. The van der Waals surface area contributed by atoms with Gasteiger partial charge in [0.15, 0.2) is 11.6 Å². The number of likely N-dealkylation sites (tertiary alicyclic amines) is 1. The molecule has 6 heteroatoms. The number of nitriles is 1. The summed E-state index contributed by atoms with van der Waals surface area (Å²) in [5.41, 5.74) is 0.384. The molecule has 1 N–H and O–H groups in total. The van der Waals surface area contributed by atoms with Gasteiger partial charge in [-0.25, -0.2) is 4.39 Å². The minimum atomic E-state index is -0.584. The van der Waals surface area contributed by atoms with E-state index in [-0.39, 0.29) is 30.2 Å². The summed E-state index contributed by atoms with van der Waals surface area (Å²) < 4.78 is 20.3. The highest BCUT2D eigenvalue weighted by Gasteiger charge is 2.41. The minimum Gasteiger partial charge on any atom is -0.494 e. The van der Waals surface area contributed by atoms with Gasteiger partial charge in [-0.15, -0.1) is 0 Å². The normalized spacial score (nSPS) is 21.8. The molecule has 1 aromatic carbocycles. The van der Waals surface area contributed by atoms with Crippen LogP contribution in [0.4, 0.5) is 4.39 Å². The molecule has 1 saturated heterocycles. The van der Waals surface area contributed by atoms with Crippen LogP contribution in [0.5, 0.6) is 5.75 Å². The third-order valence-electron chi connectivity index (χ3n) is 7.23. The minimum absolute atomic E-state index is 0.0384. The number of carbonyl (C=O) groups is 1. The highest BCUT2D eigenvalue weighted by molar-refractivity contribution is 5.88. The van der Waals surface area contributed by atoms with E-state index in [9.17, 15) is 10.1 Å². The number of benzene rings is 1. The highest BCUT2D eigenvalue weighted by atomic mass is 19.1. The van der Waals surface area contributed by atoms with Crippen molar-refractivity contribution in [3.8, 4) is 11.8 Å². The molecular formula is C27H38FN3O2. The molecule has 1 aliphatic heterocycles. The first-order valence-corrected chi connectivity index (χ1v) is 12.0. The number of amides is 1. The smallest absolute Gasteiger partial charge is 0.223 e. The van der Waals surface area contributed by atoms with Gasteiger partial charge in [0.1, 0.15) is 0 Å². The molecule has 0 radical (unpaired) electrons. The molecular weight excluding hydrogens is 417 g/mol. The Morgan fingerprint density at radius 2 is 1.94 bits per heavy atom. The number of H-pyrrole nitrogens is 1. The molecule has 0 spiro atoms. The number of fused-ring (bicyclic) bond motifs is 1. The summed E-state index contributed by atoms with van der Waals surface area (Å²) >= 11 is 0. The number of nitrogens with one attached hydrogen (secondary N) is 1. The summed E-state index contributed by atoms with van der Waals surface area (Å²) in [4.78, 5) is 19.0. The zero-order chi connectivity index (χ0) is 24.6. The SMILES string of the molecule is CCC1CC(C)CC(CC(C)(C)C#N)N1C(=O)CC(C)(C)c1c[nH]c2ccc(OC)c(F)c12. The predicted octanol–water partition coefficient (Wildman–Crippen LogP) is 6.33. The Morgan fingerprint density at radius 1 is 1.27 bits per heavy atom. The lowest BCUT2D eigenvalue weighted by Gasteiger charge is -2.47. The maximum absolute atomic E-state index is 15.2. The van der Waals surface area contributed by atoms with E-state index < -0.39 is 16.6 Å². The van der Waals surface area contributed by atoms with Crippen molar-refractivity contribution in [1.29, 1.82) is 5.26 Å². The molecule has 1 aliphatic rings. The van der Waals surface area contributed by atoms with Crippen LogP contribution < -0.4 is 4.74 Å². The van der Waals surface area contributed by atoms with Crippen molar-refractivity contribution in [2.45, 2.75) is 91.1 Å². The van der Waals surface area contributed by atoms with Gasteiger partial charge in [0, 0.05) is 41.0 Å². The topological polar surface area (TPSA) is 69.1 Å². The maximum atomic E-state index is 15.2. The van der Waals surface area contributed by atoms with Crippen LogP contribution in [0.15, 0.2) is 18.3 Å². The van der Waals surface area contributed by atoms with E-state index in [4.69, 9.17) is 4.74 Å². The van der Waals surface area contributed by atoms with Crippen LogP contribution in [0.25, 0.3) is 10.9 Å². The second kappa shape index (κ2) is 9.37. The summed E-state index contributed by atoms with van der Waals surface area (Å²) in [6.07, 6.45) is 5.52. The fraction of sp³-hybridized carbons (Fsp3) is 0.630. The van der Waals surface area contributed by atoms with Crippen molar-refractivity contribution in [2.75, 3.05) is 7.11 Å². The molecule has 33 heavy (non-hydrogen) atoms. The first-order chi connectivity index (χ1) is 15.4. The lowest BCUT2D eigenvalue weighted by Crippen LogP contribution is -2.53. The van der Waals surface area contributed by atoms with Gasteiger partial charge in [-0.05, 0) is 63.1 Å². The van der Waals surface area contributed by atoms with E-state index in [0.29, 0.717) is 23.2 Å². The molecule has 2 heterocycles. The number of carbonyl (C=O) groups excluding carboxylic acids is 1. The van der Waals surface area contributed by atoms with E-state index in [1.165, 1.54) is 7.11 Å². The third-order valence-corrected chi connectivity index (χ3v) is 7.23. The number of halogens is 1. The van der Waals surface area contributed by atoms with Gasteiger partial charge < -0.3 is 14.6 Å². The van der Waals surface area contributed by atoms with E-state index in [1.54, 1.807) is 12.1 Å². The van der Waals surface area contributed by atoms with Crippen molar-refractivity contribution in [3.05, 3.63) is 29.7 Å². The van der Waals surface area contributed by atoms with Gasteiger partial charge in [0.05, 0.1) is 18.6 Å². The number of hydrogen-bond donors (Lipinski definition) is 1. The second-order valence-electron chi connectivity index (χ2n) is 11.1. The summed E-state index contributed by atoms with van der Waals surface area (Å²) in [5, 5.41) is 10.1. The number of methoxy groups -OCH3 is 1. The van der Waals surface area contributed by atoms with Crippen LogP contribution in [0.3, 0.4) is 0 Å². The first-order valence-electron chi connectivity index (χ1n) is 12.0. The molecule has 3 atom stereocenters. The van der Waals surface area contributed by atoms with Crippen LogP contribution in [0.2, 0.25) is 0 Å². The van der Waals surface area contributed by atoms with E-state index in [2.05, 4.69) is 29.8 Å². The lowest BCUT2D eigenvalue weighted by atomic mass is 9.76. The average molecular weight is 456 g/mol. The fourth-order valence-electron chi connectivity index (χ4n) is 5.56. The molecule has 3 unspecified atom stereocenters. The van der Waals surface area contributed by atoms with Gasteiger partial charge in [-0.1, -0.05) is 27.7 Å². The zero-order valence-electron chi connectivity index (χ0n) is 21.1. The average Bonchev–Trinajstić information content (AvgIpc) is 3.19. The van der Waals surface area contributed by atoms with E-state index in [0.717, 1.165) is 24.8 Å². The summed E-state index contributed by atoms with van der Waals surface area (Å²) in [7, 11) is 1.45. The Balaban J connectivity index is 1.94. The Morgan fingerprint density at radius 3 is 2.55 bits per heavy atom. The van der Waals surface area contributed by atoms with Crippen LogP contribution in [0.1, 0.15) is 79.2 Å². The largest absolute Gasteiger partial charge is 0.494 e. The van der Waals surface area contributed by atoms with Gasteiger partial charge in [0.25, 0.3) is 0 Å². The van der Waals surface area contributed by atoms with Crippen LogP contribution in [-0.4, -0.2) is 35.0 Å². The summed E-state index contributed by atoms with van der Waals surface area (Å²) in [6, 6.07) is 6.02. The Bertz CT molecular complexity index is 1050. The molecule has 2 aromatic rings. The standard InChI is InChI=1S/C27H38FN3O2/c1-8-18-11-17(2)12-19(13-26(3,4)16-29)31(18)23(32)14-27(5,6)20-15-30-21-9-10-22(33-7)25(28)24(20)21/h9-10,15,17-19,30H,8,11-14H2,1-7H3. The monoisotopic (exact) mass is 455 g/mol. The number of piperidine rings is 1. The highest BCUT2D eigenvalue weighted by Crippen LogP contribution is 2.40. The van der Waals surface area contributed by atoms with E-state index >= 15 is 4.39 Å². The van der Waals surface area contributed by atoms with Crippen molar-refractivity contribution in [2.24, 2.45) is 11.3 Å². The Kier molecular flexibility index (Phi) is 7.12. The molecule has 1 fully saturated rings. The fourth-order valence-corrected chi connectivity index (χ4v) is 5.56. The van der Waals surface area contributed by atoms with Gasteiger partial charge >= 0.3 is 0 Å². The number of aromatic amines is 1. The molecule has 1 amide bonds. The molecule has 0 saturated carbocycles. The number of hydrogen-bond acceptors (Lipinski definition) is 3. The van der Waals surface area contributed by atoms with Crippen molar-refractivity contribution in [3.63, 3.8) is 0 Å². The number of aromatic nitrogens is 1. The van der Waals surface area contributed by atoms with Crippen LogP contribution >= 0.6 is 0 Å². The molecule has 0 bridgehead atoms. The Hall–Kier alpha value is -2.55. The van der Waals surface area contributed by atoms with Crippen LogP contribution in [0, 0.1) is 28.5 Å². The van der Waals surface area contributed by atoms with E-state index in [1.807, 2.05) is 33.9 Å². The number of rotatable bonds is 7. The van der Waals surface area contributed by atoms with Gasteiger partial charge in [0.2, 0.25) is 5.91 Å². The summed E-state index contributed by atoms with van der Waals surface area (Å²) in [5.74, 6) is 0.385. The number of ether oxygens (including phenoxy) is 1. The third kappa shape index (κ3) is 5.03. The zero-order valence-corrected chi connectivity index (χ0v) is 21.1.